The second-order valence-corrected chi connectivity index (χ2v) is 6.79. The molecule has 1 aromatic carbocycles. The molecule has 1 aliphatic rings. The lowest BCUT2D eigenvalue weighted by molar-refractivity contribution is -0.119. The number of rotatable bonds is 6. The molecule has 3 rings (SSSR count). The van der Waals surface area contributed by atoms with Crippen molar-refractivity contribution in [1.82, 2.24) is 20.0 Å². The molecule has 3 N–H and O–H groups in total. The van der Waals surface area contributed by atoms with Crippen LogP contribution in [0.5, 0.6) is 5.75 Å². The lowest BCUT2D eigenvalue weighted by Gasteiger charge is -2.32. The van der Waals surface area contributed by atoms with Crippen molar-refractivity contribution in [3.05, 3.63) is 41.7 Å². The number of carbonyl (C=O) groups excluding carboxylic acids is 2. The zero-order valence-corrected chi connectivity index (χ0v) is 15.6. The Morgan fingerprint density at radius 2 is 2.07 bits per heavy atom. The number of carbonyl (C=O) groups is 2. The molecule has 144 valence electrons. The molecule has 0 bridgehead atoms. The highest BCUT2D eigenvalue weighted by molar-refractivity contribution is 5.92. The summed E-state index contributed by atoms with van der Waals surface area (Å²) in [6.07, 6.45) is 1.79. The van der Waals surface area contributed by atoms with E-state index in [0.29, 0.717) is 12.2 Å². The number of nitrogens with one attached hydrogen (secondary N) is 1. The van der Waals surface area contributed by atoms with E-state index in [1.54, 1.807) is 17.9 Å². The lowest BCUT2D eigenvalue weighted by Crippen LogP contribution is -2.49. The molecule has 1 aromatic heterocycles. The molecule has 2 amide bonds. The van der Waals surface area contributed by atoms with Crippen LogP contribution < -0.4 is 15.8 Å². The molecule has 0 radical (unpaired) electrons. The first-order valence-electron chi connectivity index (χ1n) is 8.99. The average molecular weight is 371 g/mol. The fourth-order valence-electron chi connectivity index (χ4n) is 3.37. The minimum absolute atomic E-state index is 0.0166. The van der Waals surface area contributed by atoms with Crippen LogP contribution in [0.25, 0.3) is 5.69 Å². The summed E-state index contributed by atoms with van der Waals surface area (Å²) in [7, 11) is 1.62. The first-order valence-corrected chi connectivity index (χ1v) is 8.99. The highest BCUT2D eigenvalue weighted by atomic mass is 16.5. The van der Waals surface area contributed by atoms with Crippen LogP contribution in [0.2, 0.25) is 0 Å². The van der Waals surface area contributed by atoms with Gasteiger partial charge in [-0.1, -0.05) is 0 Å². The van der Waals surface area contributed by atoms with E-state index in [0.717, 1.165) is 36.5 Å². The molecule has 0 spiro atoms. The molecule has 0 saturated carbocycles. The Bertz CT molecular complexity index is 815. The molecule has 2 heterocycles. The van der Waals surface area contributed by atoms with Crippen LogP contribution in [0.4, 0.5) is 0 Å². The van der Waals surface area contributed by atoms with Crippen LogP contribution >= 0.6 is 0 Å². The van der Waals surface area contributed by atoms with Crippen molar-refractivity contribution in [3.8, 4) is 11.4 Å². The largest absolute Gasteiger partial charge is 0.497 e. The van der Waals surface area contributed by atoms with E-state index in [1.807, 2.05) is 36.1 Å². The normalized spacial score (nSPS) is 17.5. The number of benzene rings is 1. The number of aromatic nitrogens is 2. The number of hydrogen-bond acceptors (Lipinski definition) is 5. The first kappa shape index (κ1) is 18.9. The van der Waals surface area contributed by atoms with Crippen LogP contribution in [0.1, 0.15) is 29.0 Å². The van der Waals surface area contributed by atoms with Crippen LogP contribution in [0.3, 0.4) is 0 Å². The Kier molecular flexibility index (Phi) is 5.75. The molecule has 1 fully saturated rings. The summed E-state index contributed by atoms with van der Waals surface area (Å²) in [6, 6.07) is 9.24. The summed E-state index contributed by atoms with van der Waals surface area (Å²) < 4.78 is 6.90. The Morgan fingerprint density at radius 1 is 1.33 bits per heavy atom. The number of primary amides is 1. The van der Waals surface area contributed by atoms with E-state index in [9.17, 15) is 9.59 Å². The molecule has 0 aliphatic carbocycles. The van der Waals surface area contributed by atoms with Crippen LogP contribution in [-0.2, 0) is 4.79 Å². The predicted molar refractivity (Wildman–Crippen MR) is 101 cm³/mol. The summed E-state index contributed by atoms with van der Waals surface area (Å²) in [6.45, 7) is 3.56. The maximum absolute atomic E-state index is 12.6. The van der Waals surface area contributed by atoms with Gasteiger partial charge in [0.1, 0.15) is 5.75 Å². The van der Waals surface area contributed by atoms with Crippen molar-refractivity contribution in [2.75, 3.05) is 26.7 Å². The van der Waals surface area contributed by atoms with E-state index >= 15 is 0 Å². The highest BCUT2D eigenvalue weighted by Gasteiger charge is 2.24. The number of likely N-dealkylation sites (tertiary alicyclic amines) is 1. The molecular formula is C19H25N5O3. The number of hydrogen-bond donors (Lipinski definition) is 2. The fraction of sp³-hybridized carbons (Fsp3) is 0.421. The van der Waals surface area contributed by atoms with Gasteiger partial charge in [-0.15, -0.1) is 0 Å². The third-order valence-corrected chi connectivity index (χ3v) is 4.66. The van der Waals surface area contributed by atoms with E-state index in [-0.39, 0.29) is 24.4 Å². The summed E-state index contributed by atoms with van der Waals surface area (Å²) in [4.78, 5) is 25.7. The maximum Gasteiger partial charge on any atom is 0.272 e. The average Bonchev–Trinajstić information content (AvgIpc) is 3.03. The number of ether oxygens (including phenoxy) is 1. The van der Waals surface area contributed by atoms with Gasteiger partial charge in [-0.05, 0) is 56.6 Å². The predicted octanol–water partition coefficient (Wildman–Crippen LogP) is 0.869. The Morgan fingerprint density at radius 3 is 2.74 bits per heavy atom. The quantitative estimate of drug-likeness (QED) is 0.784. The van der Waals surface area contributed by atoms with Crippen molar-refractivity contribution in [1.29, 1.82) is 0 Å². The minimum atomic E-state index is -0.351. The lowest BCUT2D eigenvalue weighted by atomic mass is 10.1. The Hall–Kier alpha value is -2.87. The second kappa shape index (κ2) is 8.22. The third kappa shape index (κ3) is 4.65. The van der Waals surface area contributed by atoms with Crippen molar-refractivity contribution in [3.63, 3.8) is 0 Å². The Labute approximate surface area is 158 Å². The van der Waals surface area contributed by atoms with Crippen LogP contribution in [-0.4, -0.2) is 59.3 Å². The second-order valence-electron chi connectivity index (χ2n) is 6.79. The number of amides is 2. The first-order chi connectivity index (χ1) is 13.0. The minimum Gasteiger partial charge on any atom is -0.497 e. The maximum atomic E-state index is 12.6. The smallest absolute Gasteiger partial charge is 0.272 e. The molecule has 2 aromatic rings. The van der Waals surface area contributed by atoms with Gasteiger partial charge >= 0.3 is 0 Å². The summed E-state index contributed by atoms with van der Waals surface area (Å²) in [5, 5.41) is 7.46. The van der Waals surface area contributed by atoms with Gasteiger partial charge < -0.3 is 15.8 Å². The van der Waals surface area contributed by atoms with Crippen molar-refractivity contribution < 1.29 is 14.3 Å². The number of nitrogens with two attached hydrogens (primary N) is 1. The number of aryl methyl sites for hydroxylation is 1. The van der Waals surface area contributed by atoms with Crippen LogP contribution in [0.15, 0.2) is 30.3 Å². The molecule has 1 aliphatic heterocycles. The van der Waals surface area contributed by atoms with Crippen molar-refractivity contribution >= 4 is 11.8 Å². The number of methoxy groups -OCH3 is 1. The van der Waals surface area contributed by atoms with Crippen molar-refractivity contribution in [2.24, 2.45) is 5.73 Å². The Balaban J connectivity index is 1.67. The zero-order chi connectivity index (χ0) is 19.4. The molecule has 1 unspecified atom stereocenters. The van der Waals surface area contributed by atoms with Gasteiger partial charge in [-0.2, -0.15) is 5.10 Å². The topological polar surface area (TPSA) is 102 Å². The van der Waals surface area contributed by atoms with E-state index in [2.05, 4.69) is 10.4 Å². The SMILES string of the molecule is COc1ccc(-n2nc(C(=O)NC3CCCN(CC(N)=O)C3)cc2C)cc1. The van der Waals surface area contributed by atoms with Crippen molar-refractivity contribution in [2.45, 2.75) is 25.8 Å². The zero-order valence-electron chi connectivity index (χ0n) is 15.6. The summed E-state index contributed by atoms with van der Waals surface area (Å²) in [5.74, 6) is 0.200. The van der Waals surface area contributed by atoms with E-state index in [4.69, 9.17) is 10.5 Å². The van der Waals surface area contributed by atoms with E-state index in [1.165, 1.54) is 0 Å². The fourth-order valence-corrected chi connectivity index (χ4v) is 3.37. The third-order valence-electron chi connectivity index (χ3n) is 4.66. The van der Waals surface area contributed by atoms with Gasteiger partial charge in [-0.3, -0.25) is 14.5 Å². The van der Waals surface area contributed by atoms with E-state index < -0.39 is 0 Å². The number of piperidine rings is 1. The van der Waals surface area contributed by atoms with Gasteiger partial charge in [0.15, 0.2) is 5.69 Å². The monoisotopic (exact) mass is 371 g/mol. The molecule has 8 heteroatoms. The van der Waals surface area contributed by atoms with Gasteiger partial charge in [0, 0.05) is 18.3 Å². The number of nitrogens with zero attached hydrogens (tertiary/aromatic N) is 3. The van der Waals surface area contributed by atoms with Gasteiger partial charge in [-0.25, -0.2) is 4.68 Å². The summed E-state index contributed by atoms with van der Waals surface area (Å²) in [5.41, 5.74) is 7.36. The van der Waals surface area contributed by atoms with Gasteiger partial charge in [0.25, 0.3) is 5.91 Å². The van der Waals surface area contributed by atoms with Gasteiger partial charge in [0.05, 0.1) is 19.3 Å². The van der Waals surface area contributed by atoms with Gasteiger partial charge in [0.2, 0.25) is 5.91 Å². The molecule has 1 saturated heterocycles. The molecule has 27 heavy (non-hydrogen) atoms. The molecular weight excluding hydrogens is 346 g/mol. The van der Waals surface area contributed by atoms with Crippen LogP contribution in [0, 0.1) is 6.92 Å². The highest BCUT2D eigenvalue weighted by Crippen LogP contribution is 2.17. The standard InChI is InChI=1S/C19H25N5O3/c1-13-10-17(22-24(13)15-5-7-16(27-2)8-6-15)19(26)21-14-4-3-9-23(11-14)12-18(20)25/h5-8,10,14H,3-4,9,11-12H2,1-2H3,(H2,20,25)(H,21,26). The molecule has 8 nitrogen and oxygen atoms in total. The molecule has 1 atom stereocenters. The summed E-state index contributed by atoms with van der Waals surface area (Å²) >= 11 is 0.